The molecule has 3 aromatic carbocycles. The molecule has 0 bridgehead atoms. The second-order valence-electron chi connectivity index (χ2n) is 11.3. The molecule has 8 heteroatoms. The molecule has 0 saturated carbocycles. The van der Waals surface area contributed by atoms with E-state index >= 15 is 0 Å². The summed E-state index contributed by atoms with van der Waals surface area (Å²) in [5.41, 5.74) is 4.77. The van der Waals surface area contributed by atoms with E-state index in [1.54, 1.807) is 0 Å². The van der Waals surface area contributed by atoms with Gasteiger partial charge in [-0.2, -0.15) is 0 Å². The highest BCUT2D eigenvalue weighted by Crippen LogP contribution is 2.28. The van der Waals surface area contributed by atoms with Gasteiger partial charge in [-0.15, -0.1) is 0 Å². The lowest BCUT2D eigenvalue weighted by atomic mass is 10.0. The summed E-state index contributed by atoms with van der Waals surface area (Å²) >= 11 is 0. The Labute approximate surface area is 242 Å². The zero-order chi connectivity index (χ0) is 30.0. The Balaban J connectivity index is 1.72. The number of hydrogen-bond donors (Lipinski definition) is 2. The van der Waals surface area contributed by atoms with Crippen molar-refractivity contribution in [1.29, 1.82) is 0 Å². The molecule has 0 spiro atoms. The van der Waals surface area contributed by atoms with Gasteiger partial charge in [-0.05, 0) is 75.9 Å². The van der Waals surface area contributed by atoms with Crippen LogP contribution >= 0.6 is 0 Å². The molecule has 8 nitrogen and oxygen atoms in total. The number of aryl methyl sites for hydroxylation is 4. The minimum atomic E-state index is -0.808. The topological polar surface area (TPSA) is 119 Å². The Hall–Kier alpha value is -4.46. The molecule has 218 valence electrons. The quantitative estimate of drug-likeness (QED) is 0.130. The Bertz CT molecular complexity index is 1820. The van der Waals surface area contributed by atoms with Gasteiger partial charge in [-0.3, -0.25) is 19.2 Å². The zero-order valence-corrected chi connectivity index (χ0v) is 24.1. The number of aliphatic carboxylic acids is 2. The molecule has 2 aromatic heterocycles. The van der Waals surface area contributed by atoms with Crippen molar-refractivity contribution in [3.05, 3.63) is 80.1 Å². The van der Waals surface area contributed by atoms with Gasteiger partial charge in [0.2, 0.25) is 0 Å². The third-order valence-corrected chi connectivity index (χ3v) is 8.10. The average Bonchev–Trinajstić information content (AvgIpc) is 2.95. The van der Waals surface area contributed by atoms with Crippen molar-refractivity contribution < 1.29 is 19.8 Å². The Morgan fingerprint density at radius 3 is 1.31 bits per heavy atom. The van der Waals surface area contributed by atoms with Crippen LogP contribution in [0.5, 0.6) is 0 Å². The molecule has 2 N–H and O–H groups in total. The monoisotopic (exact) mass is 568 g/mol. The van der Waals surface area contributed by atoms with Crippen molar-refractivity contribution in [1.82, 2.24) is 9.13 Å². The predicted molar refractivity (Wildman–Crippen MR) is 167 cm³/mol. The van der Waals surface area contributed by atoms with E-state index in [0.717, 1.165) is 47.8 Å². The Morgan fingerprint density at radius 2 is 0.929 bits per heavy atom. The van der Waals surface area contributed by atoms with Crippen LogP contribution in [0.1, 0.15) is 62.5 Å². The highest BCUT2D eigenvalue weighted by atomic mass is 16.4. The van der Waals surface area contributed by atoms with Crippen molar-refractivity contribution in [3.8, 4) is 0 Å². The van der Waals surface area contributed by atoms with Crippen LogP contribution in [0.2, 0.25) is 0 Å². The number of unbranched alkanes of at least 4 members (excludes halogenated alkanes) is 4. The molecular weight excluding hydrogens is 532 g/mol. The molecule has 0 amide bonds. The maximum absolute atomic E-state index is 13.9. The normalized spacial score (nSPS) is 11.7. The number of pyridine rings is 2. The van der Waals surface area contributed by atoms with Gasteiger partial charge in [0.25, 0.3) is 0 Å². The van der Waals surface area contributed by atoms with Crippen molar-refractivity contribution in [2.45, 2.75) is 78.3 Å². The summed E-state index contributed by atoms with van der Waals surface area (Å²) in [4.78, 5) is 49.8. The first-order valence-corrected chi connectivity index (χ1v) is 14.6. The van der Waals surface area contributed by atoms with Crippen molar-refractivity contribution in [2.24, 2.45) is 0 Å². The van der Waals surface area contributed by atoms with E-state index < -0.39 is 11.9 Å². The van der Waals surface area contributed by atoms with Crippen molar-refractivity contribution in [3.63, 3.8) is 0 Å². The Morgan fingerprint density at radius 1 is 0.548 bits per heavy atom. The molecule has 0 radical (unpaired) electrons. The van der Waals surface area contributed by atoms with E-state index in [4.69, 9.17) is 10.2 Å². The summed E-state index contributed by atoms with van der Waals surface area (Å²) in [6.07, 6.45) is 4.36. The first-order valence-electron chi connectivity index (χ1n) is 14.6. The first kappa shape index (κ1) is 29.0. The fraction of sp³-hybridized carbons (Fsp3) is 0.353. The van der Waals surface area contributed by atoms with E-state index in [0.29, 0.717) is 58.5 Å². The van der Waals surface area contributed by atoms with E-state index in [9.17, 15) is 19.2 Å². The summed E-state index contributed by atoms with van der Waals surface area (Å²) < 4.78 is 4.20. The molecule has 2 heterocycles. The SMILES string of the molecule is Cc1ccc2c(c1)c(=O)c1cc3c(cc1n2CCCCCC(=O)O)c(=O)c1cc(C)ccc1n3CCCCCC(=O)O. The van der Waals surface area contributed by atoms with Crippen LogP contribution < -0.4 is 10.9 Å². The minimum Gasteiger partial charge on any atom is -0.481 e. The molecule has 0 aliphatic carbocycles. The summed E-state index contributed by atoms with van der Waals surface area (Å²) in [6, 6.07) is 15.4. The fourth-order valence-electron chi connectivity index (χ4n) is 6.00. The largest absolute Gasteiger partial charge is 0.481 e. The fourth-order valence-corrected chi connectivity index (χ4v) is 6.00. The van der Waals surface area contributed by atoms with Gasteiger partial charge < -0.3 is 19.3 Å². The number of aromatic nitrogens is 2. The van der Waals surface area contributed by atoms with Gasteiger partial charge in [-0.1, -0.05) is 36.1 Å². The van der Waals surface area contributed by atoms with Crippen LogP contribution in [0.15, 0.2) is 58.1 Å². The molecule has 5 aromatic rings. The third kappa shape index (κ3) is 5.79. The minimum absolute atomic E-state index is 0.0859. The van der Waals surface area contributed by atoms with E-state index in [2.05, 4.69) is 9.13 Å². The average molecular weight is 569 g/mol. The highest BCUT2D eigenvalue weighted by Gasteiger charge is 2.17. The van der Waals surface area contributed by atoms with Gasteiger partial charge in [0, 0.05) is 47.5 Å². The number of carbonyl (C=O) groups is 2. The molecule has 0 aliphatic rings. The number of benzene rings is 3. The van der Waals surface area contributed by atoms with Gasteiger partial charge in [0.1, 0.15) is 0 Å². The summed E-state index contributed by atoms with van der Waals surface area (Å²) in [7, 11) is 0. The number of rotatable bonds is 12. The third-order valence-electron chi connectivity index (χ3n) is 8.10. The van der Waals surface area contributed by atoms with Crippen LogP contribution in [0, 0.1) is 13.8 Å². The number of nitrogens with zero attached hydrogens (tertiary/aromatic N) is 2. The smallest absolute Gasteiger partial charge is 0.303 e. The van der Waals surface area contributed by atoms with Crippen LogP contribution in [0.25, 0.3) is 43.6 Å². The van der Waals surface area contributed by atoms with Crippen molar-refractivity contribution in [2.75, 3.05) is 0 Å². The van der Waals surface area contributed by atoms with Crippen LogP contribution in [0.4, 0.5) is 0 Å². The number of carboxylic acid groups (broad SMARTS) is 2. The van der Waals surface area contributed by atoms with Crippen LogP contribution in [0.3, 0.4) is 0 Å². The lowest BCUT2D eigenvalue weighted by Crippen LogP contribution is -2.16. The van der Waals surface area contributed by atoms with Gasteiger partial charge in [0.05, 0.1) is 22.1 Å². The zero-order valence-electron chi connectivity index (χ0n) is 24.1. The molecule has 0 aliphatic heterocycles. The summed E-state index contributed by atoms with van der Waals surface area (Å²) in [5, 5.41) is 20.3. The van der Waals surface area contributed by atoms with Gasteiger partial charge >= 0.3 is 11.9 Å². The van der Waals surface area contributed by atoms with E-state index in [-0.39, 0.29) is 23.7 Å². The number of fused-ring (bicyclic) bond motifs is 4. The van der Waals surface area contributed by atoms with Crippen molar-refractivity contribution >= 4 is 55.6 Å². The van der Waals surface area contributed by atoms with E-state index in [1.807, 2.05) is 62.4 Å². The molecule has 0 fully saturated rings. The molecule has 0 saturated heterocycles. The number of carboxylic acids is 2. The summed E-state index contributed by atoms with van der Waals surface area (Å²) in [6.45, 7) is 5.09. The Kier molecular flexibility index (Phi) is 8.43. The first-order chi connectivity index (χ1) is 20.2. The second-order valence-corrected chi connectivity index (χ2v) is 11.3. The molecule has 0 atom stereocenters. The maximum Gasteiger partial charge on any atom is 0.303 e. The molecule has 5 rings (SSSR count). The maximum atomic E-state index is 13.9. The number of hydrogen-bond acceptors (Lipinski definition) is 4. The lowest BCUT2D eigenvalue weighted by molar-refractivity contribution is -0.138. The van der Waals surface area contributed by atoms with Gasteiger partial charge in [-0.25, -0.2) is 0 Å². The van der Waals surface area contributed by atoms with Crippen LogP contribution in [-0.4, -0.2) is 31.3 Å². The van der Waals surface area contributed by atoms with Gasteiger partial charge in [0.15, 0.2) is 10.9 Å². The van der Waals surface area contributed by atoms with Crippen LogP contribution in [-0.2, 0) is 22.7 Å². The molecular formula is C34H36N2O6. The second kappa shape index (κ2) is 12.2. The predicted octanol–water partition coefficient (Wildman–Crippen LogP) is 6.53. The highest BCUT2D eigenvalue weighted by molar-refractivity contribution is 6.04. The summed E-state index contributed by atoms with van der Waals surface area (Å²) in [5.74, 6) is -1.62. The lowest BCUT2D eigenvalue weighted by Gasteiger charge is -2.19. The molecule has 42 heavy (non-hydrogen) atoms. The molecule has 0 unspecified atom stereocenters. The van der Waals surface area contributed by atoms with E-state index in [1.165, 1.54) is 0 Å². The standard InChI is InChI=1S/C34H36N2O6/c1-21-11-13-27-23(17-21)33(41)25-19-30-26(20-29(25)35(27)15-7-3-5-9-31(37)38)34(42)24-18-22(2)12-14-28(24)36(30)16-8-4-6-10-32(39)40/h11-14,17-20H,3-10,15-16H2,1-2H3,(H,37,38)(H,39,40).